The van der Waals surface area contributed by atoms with Crippen LogP contribution < -0.4 is 20.5 Å². The monoisotopic (exact) mass is 388 g/mol. The van der Waals surface area contributed by atoms with Gasteiger partial charge < -0.3 is 20.1 Å². The molecule has 28 heavy (non-hydrogen) atoms. The van der Waals surface area contributed by atoms with Crippen LogP contribution in [0.4, 0.5) is 5.95 Å². The maximum atomic E-state index is 5.91. The van der Waals surface area contributed by atoms with Gasteiger partial charge in [0, 0.05) is 18.3 Å². The van der Waals surface area contributed by atoms with Gasteiger partial charge in [-0.1, -0.05) is 26.0 Å². The van der Waals surface area contributed by atoms with Gasteiger partial charge in [-0.3, -0.25) is 5.32 Å². The van der Waals surface area contributed by atoms with Crippen LogP contribution in [0, 0.1) is 6.92 Å². The predicted octanol–water partition coefficient (Wildman–Crippen LogP) is 2.69. The number of rotatable bonds is 8. The van der Waals surface area contributed by atoms with Gasteiger partial charge in [-0.05, 0) is 38.7 Å². The van der Waals surface area contributed by atoms with Crippen molar-refractivity contribution in [3.8, 4) is 11.6 Å². The second-order valence-corrected chi connectivity index (χ2v) is 6.00. The molecule has 0 saturated carbocycles. The molecule has 154 valence electrons. The van der Waals surface area contributed by atoms with Gasteiger partial charge >= 0.3 is 0 Å². The molecule has 0 spiro atoms. The molecular weight excluding hydrogens is 356 g/mol. The van der Waals surface area contributed by atoms with Crippen molar-refractivity contribution in [2.24, 2.45) is 10.7 Å². The number of nitrogens with zero attached hydrogens (tertiary/aromatic N) is 4. The Morgan fingerprint density at radius 1 is 1.18 bits per heavy atom. The molecule has 0 aliphatic rings. The molecular formula is C20H32N6O2. The number of aryl methyl sites for hydroxylation is 1. The molecule has 8 heteroatoms. The fourth-order valence-electron chi connectivity index (χ4n) is 2.07. The topological polar surface area (TPSA) is 97.9 Å². The summed E-state index contributed by atoms with van der Waals surface area (Å²) in [5.41, 5.74) is 7.71. The lowest BCUT2D eigenvalue weighted by Gasteiger charge is -2.11. The summed E-state index contributed by atoms with van der Waals surface area (Å²) in [6, 6.07) is 9.53. The van der Waals surface area contributed by atoms with Crippen LogP contribution in [0.1, 0.15) is 25.1 Å². The largest absolute Gasteiger partial charge is 0.492 e. The maximum Gasteiger partial charge on any atom is 0.233 e. The van der Waals surface area contributed by atoms with Crippen molar-refractivity contribution < 1.29 is 9.47 Å². The van der Waals surface area contributed by atoms with Crippen LogP contribution in [0.2, 0.25) is 0 Å². The number of aromatic nitrogens is 2. The van der Waals surface area contributed by atoms with E-state index in [1.807, 2.05) is 59.1 Å². The summed E-state index contributed by atoms with van der Waals surface area (Å²) in [6.45, 7) is 7.83. The summed E-state index contributed by atoms with van der Waals surface area (Å²) in [7, 11) is 5.58. The van der Waals surface area contributed by atoms with Gasteiger partial charge in [0.05, 0.1) is 13.7 Å². The van der Waals surface area contributed by atoms with E-state index in [1.54, 1.807) is 13.2 Å². The number of guanidine groups is 1. The minimum atomic E-state index is 0.240. The molecule has 0 aliphatic heterocycles. The van der Waals surface area contributed by atoms with Crippen molar-refractivity contribution in [3.05, 3.63) is 41.6 Å². The van der Waals surface area contributed by atoms with Crippen molar-refractivity contribution >= 4 is 11.9 Å². The zero-order valence-corrected chi connectivity index (χ0v) is 17.7. The lowest BCUT2D eigenvalue weighted by molar-refractivity contribution is 0.261. The number of methoxy groups -OCH3 is 1. The third-order valence-corrected chi connectivity index (χ3v) is 3.44. The number of ether oxygens (including phenoxy) is 2. The fourth-order valence-corrected chi connectivity index (χ4v) is 2.07. The Morgan fingerprint density at radius 3 is 2.46 bits per heavy atom. The Morgan fingerprint density at radius 2 is 1.86 bits per heavy atom. The number of nitrogens with one attached hydrogen (secondary N) is 1. The summed E-state index contributed by atoms with van der Waals surface area (Å²) in [4.78, 5) is 14.8. The number of likely N-dealkylation sites (N-methyl/N-ethyl adjacent to an activating group) is 1. The molecule has 1 aromatic carbocycles. The fraction of sp³-hybridized carbons (Fsp3) is 0.450. The van der Waals surface area contributed by atoms with E-state index in [0.717, 1.165) is 23.6 Å². The third-order valence-electron chi connectivity index (χ3n) is 3.44. The molecule has 0 amide bonds. The van der Waals surface area contributed by atoms with Crippen molar-refractivity contribution in [3.63, 3.8) is 0 Å². The van der Waals surface area contributed by atoms with E-state index in [1.165, 1.54) is 0 Å². The Hall–Kier alpha value is -2.87. The van der Waals surface area contributed by atoms with E-state index in [0.29, 0.717) is 25.0 Å². The number of nitrogens with two attached hydrogens (primary N) is 1. The van der Waals surface area contributed by atoms with Gasteiger partial charge in [0.25, 0.3) is 0 Å². The van der Waals surface area contributed by atoms with Crippen LogP contribution in [0.5, 0.6) is 11.6 Å². The Kier molecular flexibility index (Phi) is 10.3. The molecule has 0 radical (unpaired) electrons. The summed E-state index contributed by atoms with van der Waals surface area (Å²) >= 11 is 0. The summed E-state index contributed by atoms with van der Waals surface area (Å²) in [5, 5.41) is 2.87. The molecule has 3 N–H and O–H groups in total. The molecule has 2 aromatic rings. The Bertz CT molecular complexity index is 732. The first kappa shape index (κ1) is 23.2. The zero-order valence-electron chi connectivity index (χ0n) is 17.7. The minimum absolute atomic E-state index is 0.240. The van der Waals surface area contributed by atoms with E-state index in [2.05, 4.69) is 25.2 Å². The first-order valence-electron chi connectivity index (χ1n) is 9.29. The molecule has 1 aromatic heterocycles. The van der Waals surface area contributed by atoms with Gasteiger partial charge in [-0.25, -0.2) is 9.98 Å². The molecule has 0 unspecified atom stereocenters. The highest BCUT2D eigenvalue weighted by molar-refractivity contribution is 5.90. The number of benzene rings is 1. The van der Waals surface area contributed by atoms with Crippen molar-refractivity contribution in [1.82, 2.24) is 14.9 Å². The molecule has 8 nitrogen and oxygen atoms in total. The first-order valence-corrected chi connectivity index (χ1v) is 9.29. The van der Waals surface area contributed by atoms with E-state index in [9.17, 15) is 0 Å². The van der Waals surface area contributed by atoms with Gasteiger partial charge in [0.1, 0.15) is 12.4 Å². The van der Waals surface area contributed by atoms with Crippen LogP contribution in [0.25, 0.3) is 0 Å². The Labute approximate surface area is 167 Å². The third kappa shape index (κ3) is 8.68. The number of hydrogen-bond acceptors (Lipinski definition) is 6. The normalized spacial score (nSPS) is 10.9. The van der Waals surface area contributed by atoms with Crippen molar-refractivity contribution in [2.75, 3.05) is 39.7 Å². The molecule has 1 heterocycles. The zero-order chi connectivity index (χ0) is 20.9. The molecule has 0 aliphatic carbocycles. The van der Waals surface area contributed by atoms with Crippen LogP contribution in [0.3, 0.4) is 0 Å². The van der Waals surface area contributed by atoms with Gasteiger partial charge in [0.2, 0.25) is 11.8 Å². The van der Waals surface area contributed by atoms with E-state index < -0.39 is 0 Å². The highest BCUT2D eigenvalue weighted by atomic mass is 16.5. The summed E-state index contributed by atoms with van der Waals surface area (Å²) < 4.78 is 10.8. The first-order chi connectivity index (χ1) is 13.5. The second kappa shape index (κ2) is 12.5. The maximum absolute atomic E-state index is 5.91. The van der Waals surface area contributed by atoms with E-state index >= 15 is 0 Å². The van der Waals surface area contributed by atoms with Crippen molar-refractivity contribution in [1.29, 1.82) is 0 Å². The average Bonchev–Trinajstić information content (AvgIpc) is 2.68. The summed E-state index contributed by atoms with van der Waals surface area (Å²) in [5.74, 6) is 1.90. The lowest BCUT2D eigenvalue weighted by atomic mass is 10.2. The highest BCUT2D eigenvalue weighted by Gasteiger charge is 2.03. The number of hydrogen-bond donors (Lipinski definition) is 2. The predicted molar refractivity (Wildman–Crippen MR) is 114 cm³/mol. The molecule has 0 fully saturated rings. The molecule has 0 bridgehead atoms. The van der Waals surface area contributed by atoms with Gasteiger partial charge in [-0.15, -0.1) is 0 Å². The standard InChI is InChI=1S/C18H26N6O2.C2H6/c1-13-11-16(25-4)22-18(21-13)23-17(19)20-12-14-5-7-15(8-6-14)26-10-9-24(2)3;1-2/h5-8,11H,9-10,12H2,1-4H3,(H3,19,20,21,22,23);1-2H3. The highest BCUT2D eigenvalue weighted by Crippen LogP contribution is 2.13. The van der Waals surface area contributed by atoms with Crippen LogP contribution >= 0.6 is 0 Å². The average molecular weight is 389 g/mol. The second-order valence-electron chi connectivity index (χ2n) is 6.00. The summed E-state index contributed by atoms with van der Waals surface area (Å²) in [6.07, 6.45) is 0. The van der Waals surface area contributed by atoms with Crippen LogP contribution in [0.15, 0.2) is 35.3 Å². The van der Waals surface area contributed by atoms with Crippen LogP contribution in [-0.2, 0) is 6.54 Å². The van der Waals surface area contributed by atoms with Gasteiger partial charge in [-0.2, -0.15) is 4.98 Å². The van der Waals surface area contributed by atoms with Crippen LogP contribution in [-0.4, -0.2) is 55.2 Å². The minimum Gasteiger partial charge on any atom is -0.492 e. The molecule has 0 saturated heterocycles. The Balaban J connectivity index is 0.00000190. The SMILES string of the molecule is CC.COc1cc(C)nc(NC(N)=NCc2ccc(OCCN(C)C)cc2)n1. The quantitative estimate of drug-likeness (QED) is 0.530. The number of anilines is 1. The number of aliphatic imine (C=N–C) groups is 1. The molecule has 0 atom stereocenters. The van der Waals surface area contributed by atoms with E-state index in [-0.39, 0.29) is 5.96 Å². The smallest absolute Gasteiger partial charge is 0.233 e. The van der Waals surface area contributed by atoms with E-state index in [4.69, 9.17) is 15.2 Å². The lowest BCUT2D eigenvalue weighted by Crippen LogP contribution is -2.24. The van der Waals surface area contributed by atoms with Crippen molar-refractivity contribution in [2.45, 2.75) is 27.3 Å². The molecule has 2 rings (SSSR count). The van der Waals surface area contributed by atoms with Gasteiger partial charge in [0.15, 0.2) is 5.96 Å².